The van der Waals surface area contributed by atoms with Crippen molar-refractivity contribution in [1.82, 2.24) is 0 Å². The summed E-state index contributed by atoms with van der Waals surface area (Å²) in [7, 11) is 0. The van der Waals surface area contributed by atoms with Gasteiger partial charge in [0.05, 0.1) is 17.4 Å². The monoisotopic (exact) mass is 351 g/mol. The Bertz CT molecular complexity index is 968. The molecule has 0 saturated carbocycles. The van der Waals surface area contributed by atoms with E-state index in [0.717, 1.165) is 0 Å². The van der Waals surface area contributed by atoms with Crippen LogP contribution in [-0.4, -0.2) is 17.7 Å². The number of nitrogens with one attached hydrogen (secondary N) is 3. The second-order valence-electron chi connectivity index (χ2n) is 5.29. The third kappa shape index (κ3) is 3.84. The van der Waals surface area contributed by atoms with E-state index in [1.807, 2.05) is 0 Å². The fourth-order valence-corrected chi connectivity index (χ4v) is 2.20. The Balaban J connectivity index is 1.72. The average molecular weight is 351 g/mol. The Morgan fingerprint density at radius 1 is 1.00 bits per heavy atom. The summed E-state index contributed by atoms with van der Waals surface area (Å²) in [5.41, 5.74) is 1.05. The molecule has 7 heteroatoms. The smallest absolute Gasteiger partial charge is 0.258 e. The average Bonchev–Trinajstić information content (AvgIpc) is 3.17. The number of carbonyl (C=O) groups is 1. The van der Waals surface area contributed by atoms with Gasteiger partial charge in [0.25, 0.3) is 5.91 Å². The zero-order valence-electron chi connectivity index (χ0n) is 13.5. The second kappa shape index (κ2) is 7.43. The quantitative estimate of drug-likeness (QED) is 0.488. The molecular weight excluding hydrogens is 337 g/mol. The molecule has 0 bridgehead atoms. The number of hydrogen-bond acceptors (Lipinski definition) is 5. The van der Waals surface area contributed by atoms with E-state index in [-0.39, 0.29) is 17.4 Å². The van der Waals surface area contributed by atoms with Crippen LogP contribution in [0.2, 0.25) is 0 Å². The van der Waals surface area contributed by atoms with Gasteiger partial charge < -0.3 is 14.5 Å². The minimum absolute atomic E-state index is 0.0778. The topological polar surface area (TPSA) is 99.2 Å². The van der Waals surface area contributed by atoms with Gasteiger partial charge >= 0.3 is 0 Å². The van der Waals surface area contributed by atoms with Gasteiger partial charge in [-0.25, -0.2) is 4.39 Å². The van der Waals surface area contributed by atoms with Crippen LogP contribution in [0.1, 0.15) is 21.5 Å². The van der Waals surface area contributed by atoms with E-state index >= 15 is 0 Å². The first-order valence-electron chi connectivity index (χ1n) is 7.58. The number of furan rings is 1. The van der Waals surface area contributed by atoms with Crippen molar-refractivity contribution in [2.75, 3.05) is 5.32 Å². The van der Waals surface area contributed by atoms with Crippen molar-refractivity contribution in [2.45, 2.75) is 0 Å². The summed E-state index contributed by atoms with van der Waals surface area (Å²) in [5, 5.41) is 18.3. The number of amides is 1. The lowest BCUT2D eigenvalue weighted by Crippen LogP contribution is -2.15. The maximum Gasteiger partial charge on any atom is 0.258 e. The largest absolute Gasteiger partial charge is 0.472 e. The minimum Gasteiger partial charge on any atom is -0.472 e. The molecule has 1 heterocycles. The van der Waals surface area contributed by atoms with E-state index in [9.17, 15) is 9.18 Å². The highest BCUT2D eigenvalue weighted by atomic mass is 19.1. The number of hydrogen-bond donors (Lipinski definition) is 3. The van der Waals surface area contributed by atoms with Gasteiger partial charge in [-0.1, -0.05) is 18.2 Å². The number of ether oxygens (including phenoxy) is 1. The summed E-state index contributed by atoms with van der Waals surface area (Å²) in [6.07, 6.45) is 2.73. The third-order valence-corrected chi connectivity index (χ3v) is 3.49. The van der Waals surface area contributed by atoms with E-state index in [4.69, 9.17) is 20.0 Å². The highest BCUT2D eigenvalue weighted by molar-refractivity contribution is 6.07. The molecule has 3 rings (SSSR count). The standard InChI is InChI=1S/C19H14FN3O3/c20-16-7-2-1-6-15(16)19(24)23-14-5-3-4-12(10-14)17(21)26-18(22)13-8-9-25-11-13/h1-11,21-22H,(H,23,24). The van der Waals surface area contributed by atoms with E-state index < -0.39 is 11.7 Å². The maximum absolute atomic E-state index is 13.7. The number of carbonyl (C=O) groups excluding carboxylic acids is 1. The van der Waals surface area contributed by atoms with Crippen LogP contribution in [-0.2, 0) is 4.74 Å². The van der Waals surface area contributed by atoms with E-state index in [0.29, 0.717) is 16.8 Å². The molecule has 3 aromatic rings. The van der Waals surface area contributed by atoms with Gasteiger partial charge in [-0.2, -0.15) is 0 Å². The van der Waals surface area contributed by atoms with Crippen molar-refractivity contribution in [1.29, 1.82) is 10.8 Å². The van der Waals surface area contributed by atoms with Crippen LogP contribution in [0.5, 0.6) is 0 Å². The zero-order valence-corrected chi connectivity index (χ0v) is 13.5. The van der Waals surface area contributed by atoms with Crippen LogP contribution in [0.4, 0.5) is 10.1 Å². The number of benzene rings is 2. The predicted octanol–water partition coefficient (Wildman–Crippen LogP) is 4.04. The van der Waals surface area contributed by atoms with Crippen molar-refractivity contribution in [3.63, 3.8) is 0 Å². The molecule has 0 unspecified atom stereocenters. The molecule has 0 aliphatic carbocycles. The van der Waals surface area contributed by atoms with Crippen molar-refractivity contribution in [3.05, 3.63) is 89.6 Å². The molecular formula is C19H14FN3O3. The maximum atomic E-state index is 13.7. The van der Waals surface area contributed by atoms with Gasteiger partial charge in [-0.15, -0.1) is 0 Å². The first-order chi connectivity index (χ1) is 12.5. The van der Waals surface area contributed by atoms with E-state index in [2.05, 4.69) is 5.32 Å². The van der Waals surface area contributed by atoms with Crippen LogP contribution >= 0.6 is 0 Å². The van der Waals surface area contributed by atoms with Crippen LogP contribution in [0.15, 0.2) is 71.5 Å². The molecule has 0 aliphatic rings. The molecule has 1 aromatic heterocycles. The Morgan fingerprint density at radius 3 is 2.50 bits per heavy atom. The van der Waals surface area contributed by atoms with Crippen LogP contribution < -0.4 is 5.32 Å². The summed E-state index contributed by atoms with van der Waals surface area (Å²) in [6.45, 7) is 0. The lowest BCUT2D eigenvalue weighted by molar-refractivity contribution is 0.102. The zero-order chi connectivity index (χ0) is 18.5. The van der Waals surface area contributed by atoms with Crippen LogP contribution in [0, 0.1) is 16.6 Å². The predicted molar refractivity (Wildman–Crippen MR) is 94.2 cm³/mol. The molecule has 0 aliphatic heterocycles. The molecule has 6 nitrogen and oxygen atoms in total. The van der Waals surface area contributed by atoms with Gasteiger partial charge in [0.1, 0.15) is 12.1 Å². The molecule has 0 atom stereocenters. The summed E-state index contributed by atoms with van der Waals surface area (Å²) < 4.78 is 23.7. The molecule has 2 aromatic carbocycles. The fourth-order valence-electron chi connectivity index (χ4n) is 2.20. The molecule has 0 saturated heterocycles. The van der Waals surface area contributed by atoms with Crippen molar-refractivity contribution < 1.29 is 18.3 Å². The molecule has 0 fully saturated rings. The molecule has 1 amide bonds. The van der Waals surface area contributed by atoms with Gasteiger partial charge in [0.2, 0.25) is 11.8 Å². The third-order valence-electron chi connectivity index (χ3n) is 3.49. The highest BCUT2D eigenvalue weighted by Crippen LogP contribution is 2.15. The lowest BCUT2D eigenvalue weighted by atomic mass is 10.1. The Labute approximate surface area is 148 Å². The molecule has 0 spiro atoms. The van der Waals surface area contributed by atoms with E-state index in [1.54, 1.807) is 30.3 Å². The number of halogens is 1. The first-order valence-corrected chi connectivity index (χ1v) is 7.58. The molecule has 3 N–H and O–H groups in total. The first kappa shape index (κ1) is 17.1. The SMILES string of the molecule is N=C(OC(=N)c1cccc(NC(=O)c2ccccc2F)c1)c1ccoc1. The molecule has 0 radical (unpaired) electrons. The van der Waals surface area contributed by atoms with E-state index in [1.165, 1.54) is 36.8 Å². The number of rotatable bonds is 4. The summed E-state index contributed by atoms with van der Waals surface area (Å²) in [5.74, 6) is -1.72. The fraction of sp³-hybridized carbons (Fsp3) is 0. The van der Waals surface area contributed by atoms with Crippen LogP contribution in [0.25, 0.3) is 0 Å². The van der Waals surface area contributed by atoms with Crippen molar-refractivity contribution in [3.8, 4) is 0 Å². The summed E-state index contributed by atoms with van der Waals surface area (Å²) in [6, 6.07) is 13.5. The van der Waals surface area contributed by atoms with Gasteiger partial charge in [0, 0.05) is 11.3 Å². The highest BCUT2D eigenvalue weighted by Gasteiger charge is 2.13. The van der Waals surface area contributed by atoms with Gasteiger partial charge in [-0.05, 0) is 36.4 Å². The number of anilines is 1. The minimum atomic E-state index is -0.620. The lowest BCUT2D eigenvalue weighted by Gasteiger charge is -2.10. The Morgan fingerprint density at radius 2 is 1.77 bits per heavy atom. The van der Waals surface area contributed by atoms with Crippen LogP contribution in [0.3, 0.4) is 0 Å². The Hall–Kier alpha value is -3.74. The normalized spacial score (nSPS) is 10.2. The summed E-state index contributed by atoms with van der Waals surface area (Å²) >= 11 is 0. The molecule has 130 valence electrons. The van der Waals surface area contributed by atoms with Crippen molar-refractivity contribution >= 4 is 23.4 Å². The molecule has 26 heavy (non-hydrogen) atoms. The van der Waals surface area contributed by atoms with Crippen molar-refractivity contribution in [2.24, 2.45) is 0 Å². The Kier molecular flexibility index (Phi) is 4.89. The van der Waals surface area contributed by atoms with Gasteiger partial charge in [-0.3, -0.25) is 15.6 Å². The summed E-state index contributed by atoms with van der Waals surface area (Å²) in [4.78, 5) is 12.2. The second-order valence-corrected chi connectivity index (χ2v) is 5.29. The van der Waals surface area contributed by atoms with Gasteiger partial charge in [0.15, 0.2) is 0 Å².